The van der Waals surface area contributed by atoms with Gasteiger partial charge in [0.1, 0.15) is 17.7 Å². The maximum atomic E-state index is 14.2. The molecule has 1 aromatic rings. The number of aryl methyl sites for hydroxylation is 1. The Bertz CT molecular complexity index is 870. The van der Waals surface area contributed by atoms with Gasteiger partial charge in [0.2, 0.25) is 11.8 Å². The second-order valence-electron chi connectivity index (χ2n) is 11.8. The van der Waals surface area contributed by atoms with Gasteiger partial charge in [-0.2, -0.15) is 0 Å². The van der Waals surface area contributed by atoms with Gasteiger partial charge in [0.25, 0.3) is 0 Å². The van der Waals surface area contributed by atoms with Crippen molar-refractivity contribution in [1.29, 1.82) is 0 Å². The largest absolute Gasteiger partial charge is 0.444 e. The molecule has 0 fully saturated rings. The number of carbonyl (C=O) groups is 3. The van der Waals surface area contributed by atoms with Crippen molar-refractivity contribution in [2.45, 2.75) is 118 Å². The Kier molecular flexibility index (Phi) is 11.9. The molecule has 0 aliphatic rings. The molecule has 2 N–H and O–H groups in total. The number of carbonyl (C=O) groups excluding carboxylic acids is 3. The fraction of sp³-hybridized carbons (Fsp3) is 0.690. The topological polar surface area (TPSA) is 87.7 Å². The van der Waals surface area contributed by atoms with E-state index in [1.807, 2.05) is 65.8 Å². The van der Waals surface area contributed by atoms with Crippen molar-refractivity contribution in [2.24, 2.45) is 5.92 Å². The van der Waals surface area contributed by atoms with Crippen LogP contribution in [0.2, 0.25) is 0 Å². The van der Waals surface area contributed by atoms with Crippen molar-refractivity contribution in [3.8, 4) is 0 Å². The minimum Gasteiger partial charge on any atom is -0.444 e. The second-order valence-corrected chi connectivity index (χ2v) is 11.8. The van der Waals surface area contributed by atoms with Gasteiger partial charge in [-0.15, -0.1) is 0 Å². The lowest BCUT2D eigenvalue weighted by atomic mass is 9.94. The minimum atomic E-state index is -0.819. The van der Waals surface area contributed by atoms with Crippen LogP contribution in [0.15, 0.2) is 24.3 Å². The van der Waals surface area contributed by atoms with Crippen LogP contribution in [0.4, 0.5) is 4.79 Å². The third kappa shape index (κ3) is 10.6. The number of rotatable bonds is 11. The molecule has 0 saturated heterocycles. The molecule has 3 atom stereocenters. The standard InChI is InChI=1S/C29H49N3O4/c1-11-13-14-18-32(26(34)23(21(4)12-2)30-27(35)36-29(8,9)10)24(25(33)31-28(5,6)7)22-17-15-16-20(3)19-22/h15-17,19,21,23-24H,11-14,18H2,1-10H3,(H,30,35)(H,31,33). The van der Waals surface area contributed by atoms with Crippen LogP contribution in [0.1, 0.15) is 105 Å². The zero-order chi connectivity index (χ0) is 27.7. The van der Waals surface area contributed by atoms with Gasteiger partial charge in [0, 0.05) is 12.1 Å². The number of hydrogen-bond donors (Lipinski definition) is 2. The molecule has 1 aromatic carbocycles. The maximum Gasteiger partial charge on any atom is 0.408 e. The number of nitrogens with zero attached hydrogens (tertiary/aromatic N) is 1. The van der Waals surface area contributed by atoms with Crippen molar-refractivity contribution < 1.29 is 19.1 Å². The molecular weight excluding hydrogens is 454 g/mol. The first-order chi connectivity index (χ1) is 16.6. The number of benzene rings is 1. The van der Waals surface area contributed by atoms with Crippen molar-refractivity contribution in [3.05, 3.63) is 35.4 Å². The van der Waals surface area contributed by atoms with E-state index in [4.69, 9.17) is 4.74 Å². The van der Waals surface area contributed by atoms with Crippen molar-refractivity contribution in [3.63, 3.8) is 0 Å². The summed E-state index contributed by atoms with van der Waals surface area (Å²) in [5.41, 5.74) is 0.599. The average Bonchev–Trinajstić information content (AvgIpc) is 2.73. The van der Waals surface area contributed by atoms with E-state index in [1.54, 1.807) is 25.7 Å². The van der Waals surface area contributed by atoms with Crippen LogP contribution in [0, 0.1) is 12.8 Å². The summed E-state index contributed by atoms with van der Waals surface area (Å²) in [5.74, 6) is -0.664. The summed E-state index contributed by atoms with van der Waals surface area (Å²) in [7, 11) is 0. The summed E-state index contributed by atoms with van der Waals surface area (Å²) < 4.78 is 5.47. The first kappa shape index (κ1) is 31.5. The Balaban J connectivity index is 3.54. The predicted octanol–water partition coefficient (Wildman–Crippen LogP) is 5.91. The monoisotopic (exact) mass is 503 g/mol. The van der Waals surface area contributed by atoms with E-state index in [9.17, 15) is 14.4 Å². The molecule has 3 amide bonds. The van der Waals surface area contributed by atoms with Crippen LogP contribution in [0.25, 0.3) is 0 Å². The normalized spacial score (nSPS) is 14.4. The van der Waals surface area contributed by atoms with E-state index in [2.05, 4.69) is 17.6 Å². The van der Waals surface area contributed by atoms with Gasteiger partial charge in [-0.25, -0.2) is 4.79 Å². The average molecular weight is 504 g/mol. The fourth-order valence-corrected chi connectivity index (χ4v) is 3.95. The Morgan fingerprint density at radius 1 is 1.03 bits per heavy atom. The number of alkyl carbamates (subject to hydrolysis) is 1. The Labute approximate surface area is 218 Å². The molecule has 0 heterocycles. The first-order valence-corrected chi connectivity index (χ1v) is 13.3. The van der Waals surface area contributed by atoms with Crippen LogP contribution in [0.3, 0.4) is 0 Å². The molecule has 0 radical (unpaired) electrons. The zero-order valence-electron chi connectivity index (χ0n) is 24.2. The van der Waals surface area contributed by atoms with Crippen LogP contribution in [-0.2, 0) is 14.3 Å². The summed E-state index contributed by atoms with van der Waals surface area (Å²) >= 11 is 0. The number of unbranched alkanes of at least 4 members (excludes halogenated alkanes) is 2. The summed E-state index contributed by atoms with van der Waals surface area (Å²) in [6.07, 6.45) is 2.71. The highest BCUT2D eigenvalue weighted by molar-refractivity contribution is 5.92. The van der Waals surface area contributed by atoms with Gasteiger partial charge < -0.3 is 20.3 Å². The third-order valence-corrected chi connectivity index (χ3v) is 5.85. The number of amides is 3. The lowest BCUT2D eigenvalue weighted by molar-refractivity contribution is -0.144. The van der Waals surface area contributed by atoms with Gasteiger partial charge in [-0.1, -0.05) is 69.9 Å². The summed E-state index contributed by atoms with van der Waals surface area (Å²) in [6, 6.07) is 6.08. The van der Waals surface area contributed by atoms with E-state index in [-0.39, 0.29) is 17.7 Å². The van der Waals surface area contributed by atoms with Crippen LogP contribution < -0.4 is 10.6 Å². The van der Waals surface area contributed by atoms with Gasteiger partial charge in [0.05, 0.1) is 0 Å². The highest BCUT2D eigenvalue weighted by Gasteiger charge is 2.38. The Morgan fingerprint density at radius 3 is 2.17 bits per heavy atom. The van der Waals surface area contributed by atoms with E-state index in [0.29, 0.717) is 13.0 Å². The van der Waals surface area contributed by atoms with Crippen LogP contribution in [-0.4, -0.2) is 46.5 Å². The van der Waals surface area contributed by atoms with Crippen molar-refractivity contribution in [1.82, 2.24) is 15.5 Å². The molecule has 204 valence electrons. The first-order valence-electron chi connectivity index (χ1n) is 13.3. The summed E-state index contributed by atoms with van der Waals surface area (Å²) in [6.45, 7) is 19.5. The zero-order valence-corrected chi connectivity index (χ0v) is 24.2. The molecule has 0 aliphatic heterocycles. The number of ether oxygens (including phenoxy) is 1. The van der Waals surface area contributed by atoms with Crippen LogP contribution in [0.5, 0.6) is 0 Å². The van der Waals surface area contributed by atoms with E-state index in [1.165, 1.54) is 0 Å². The molecule has 36 heavy (non-hydrogen) atoms. The quantitative estimate of drug-likeness (QED) is 0.368. The predicted molar refractivity (Wildman–Crippen MR) is 146 cm³/mol. The molecule has 0 aromatic heterocycles. The molecule has 1 rings (SSSR count). The molecule has 7 heteroatoms. The van der Waals surface area contributed by atoms with E-state index < -0.39 is 29.3 Å². The van der Waals surface area contributed by atoms with Crippen LogP contribution >= 0.6 is 0 Å². The molecule has 0 saturated carbocycles. The maximum absolute atomic E-state index is 14.2. The highest BCUT2D eigenvalue weighted by Crippen LogP contribution is 2.27. The molecule has 3 unspecified atom stereocenters. The molecular formula is C29H49N3O4. The van der Waals surface area contributed by atoms with Gasteiger partial charge in [0.15, 0.2) is 0 Å². The smallest absolute Gasteiger partial charge is 0.408 e. The Hall–Kier alpha value is -2.57. The van der Waals surface area contributed by atoms with Gasteiger partial charge in [-0.3, -0.25) is 9.59 Å². The summed E-state index contributed by atoms with van der Waals surface area (Å²) in [5, 5.41) is 5.89. The molecule has 7 nitrogen and oxygen atoms in total. The van der Waals surface area contributed by atoms with Gasteiger partial charge >= 0.3 is 6.09 Å². The lowest BCUT2D eigenvalue weighted by Crippen LogP contribution is -2.56. The highest BCUT2D eigenvalue weighted by atomic mass is 16.6. The van der Waals surface area contributed by atoms with E-state index >= 15 is 0 Å². The van der Waals surface area contributed by atoms with E-state index in [0.717, 1.165) is 30.4 Å². The number of hydrogen-bond acceptors (Lipinski definition) is 4. The SMILES string of the molecule is CCCCCN(C(=O)C(NC(=O)OC(C)(C)C)C(C)CC)C(C(=O)NC(C)(C)C)c1cccc(C)c1. The summed E-state index contributed by atoms with van der Waals surface area (Å²) in [4.78, 5) is 42.2. The third-order valence-electron chi connectivity index (χ3n) is 5.85. The molecule has 0 bridgehead atoms. The molecule has 0 spiro atoms. The van der Waals surface area contributed by atoms with Crippen molar-refractivity contribution in [2.75, 3.05) is 6.54 Å². The number of nitrogens with one attached hydrogen (secondary N) is 2. The minimum absolute atomic E-state index is 0.150. The van der Waals surface area contributed by atoms with Gasteiger partial charge in [-0.05, 0) is 66.4 Å². The lowest BCUT2D eigenvalue weighted by Gasteiger charge is -2.37. The fourth-order valence-electron chi connectivity index (χ4n) is 3.95. The molecule has 0 aliphatic carbocycles. The Morgan fingerprint density at radius 2 is 1.67 bits per heavy atom. The van der Waals surface area contributed by atoms with Crippen molar-refractivity contribution >= 4 is 17.9 Å². The second kappa shape index (κ2) is 13.7.